The highest BCUT2D eigenvalue weighted by Gasteiger charge is 2.52. The lowest BCUT2D eigenvalue weighted by atomic mass is 9.76. The van der Waals surface area contributed by atoms with Crippen LogP contribution in [0.5, 0.6) is 5.75 Å². The first-order chi connectivity index (χ1) is 25.8. The Bertz CT molecular complexity index is 1850. The third kappa shape index (κ3) is 10.3. The molecule has 1 fully saturated rings. The number of hydrogen-bond acceptors (Lipinski definition) is 10. The monoisotopic (exact) mass is 789 g/mol. The number of Topliss-reactive ketones (excluding diaryl/α,β-unsaturated/α-hetero) is 1. The summed E-state index contributed by atoms with van der Waals surface area (Å²) in [6, 6.07) is 4.82. The van der Waals surface area contributed by atoms with E-state index >= 15 is 8.78 Å². The van der Waals surface area contributed by atoms with Crippen molar-refractivity contribution in [2.75, 3.05) is 54.6 Å². The van der Waals surface area contributed by atoms with E-state index in [-0.39, 0.29) is 30.6 Å². The summed E-state index contributed by atoms with van der Waals surface area (Å²) >= 11 is 0. The van der Waals surface area contributed by atoms with Crippen molar-refractivity contribution in [2.45, 2.75) is 56.5 Å². The van der Waals surface area contributed by atoms with E-state index in [2.05, 4.69) is 9.97 Å². The molecule has 0 saturated heterocycles. The zero-order valence-corrected chi connectivity index (χ0v) is 30.3. The lowest BCUT2D eigenvalue weighted by molar-refractivity contribution is -0.189. The molecule has 2 aromatic carbocycles. The number of carbonyl (C=O) groups excluding carboxylic acids is 3. The number of hydrogen-bond donors (Lipinski definition) is 0. The van der Waals surface area contributed by atoms with Crippen LogP contribution in [0.15, 0.2) is 42.7 Å². The minimum Gasteiger partial charge on any atom is -0.489 e. The molecule has 1 heterocycles. The van der Waals surface area contributed by atoms with Gasteiger partial charge in [-0.25, -0.2) is 24.2 Å². The Morgan fingerprint density at radius 1 is 0.855 bits per heavy atom. The number of rotatable bonds is 17. The van der Waals surface area contributed by atoms with Crippen LogP contribution in [-0.2, 0) is 49.2 Å². The van der Waals surface area contributed by atoms with Crippen molar-refractivity contribution in [3.05, 3.63) is 76.7 Å². The van der Waals surface area contributed by atoms with Gasteiger partial charge in [0.25, 0.3) is 0 Å². The predicted molar refractivity (Wildman–Crippen MR) is 179 cm³/mol. The van der Waals surface area contributed by atoms with Gasteiger partial charge in [-0.15, -0.1) is 0 Å². The van der Waals surface area contributed by atoms with E-state index in [1.165, 1.54) is 31.3 Å². The van der Waals surface area contributed by atoms with Crippen molar-refractivity contribution >= 4 is 17.7 Å². The fraction of sp³-hybridized carbons (Fsp3) is 0.472. The number of esters is 1. The summed E-state index contributed by atoms with van der Waals surface area (Å²) in [5, 5.41) is 2.07. The molecule has 55 heavy (non-hydrogen) atoms. The van der Waals surface area contributed by atoms with Crippen LogP contribution < -0.4 is 4.74 Å². The minimum atomic E-state index is -4.96. The maximum absolute atomic E-state index is 15.5. The van der Waals surface area contributed by atoms with Crippen molar-refractivity contribution in [1.82, 2.24) is 24.9 Å². The number of ether oxygens (including phenoxy) is 3. The van der Waals surface area contributed by atoms with E-state index in [9.17, 15) is 40.7 Å². The quantitative estimate of drug-likeness (QED) is 0.0711. The Morgan fingerprint density at radius 2 is 1.53 bits per heavy atom. The summed E-state index contributed by atoms with van der Waals surface area (Å²) in [5.41, 5.74) is -5.62. The van der Waals surface area contributed by atoms with Gasteiger partial charge in [0.05, 0.1) is 37.9 Å². The van der Waals surface area contributed by atoms with Crippen LogP contribution >= 0.6 is 0 Å². The molecule has 1 aromatic heterocycles. The smallest absolute Gasteiger partial charge is 0.433 e. The number of aromatic nitrogens is 2. The van der Waals surface area contributed by atoms with Crippen molar-refractivity contribution in [3.63, 3.8) is 0 Å². The van der Waals surface area contributed by atoms with Gasteiger partial charge in [0.2, 0.25) is 11.7 Å². The maximum atomic E-state index is 15.5. The second kappa shape index (κ2) is 17.8. The summed E-state index contributed by atoms with van der Waals surface area (Å²) in [7, 11) is 5.79. The summed E-state index contributed by atoms with van der Waals surface area (Å²) in [6.45, 7) is 0.723. The Morgan fingerprint density at radius 3 is 2.13 bits per heavy atom. The van der Waals surface area contributed by atoms with Crippen LogP contribution in [0.4, 0.5) is 35.1 Å². The molecule has 4 rings (SSSR count). The van der Waals surface area contributed by atoms with Crippen molar-refractivity contribution < 1.29 is 63.7 Å². The number of nitrogens with zero attached hydrogens (tertiary/aromatic N) is 5. The first kappa shape index (κ1) is 43.0. The Hall–Kier alpha value is -4.75. The molecule has 1 aliphatic rings. The highest BCUT2D eigenvalue weighted by atomic mass is 19.4. The fourth-order valence-electron chi connectivity index (χ4n) is 5.93. The number of carbonyl (C=O) groups is 3. The molecule has 19 heteroatoms. The first-order valence-corrected chi connectivity index (χ1v) is 16.8. The van der Waals surface area contributed by atoms with E-state index in [1.807, 2.05) is 4.90 Å². The van der Waals surface area contributed by atoms with E-state index in [1.54, 1.807) is 7.05 Å². The number of hydrazine groups is 1. The van der Waals surface area contributed by atoms with E-state index in [4.69, 9.17) is 14.2 Å². The second-order valence-corrected chi connectivity index (χ2v) is 12.9. The van der Waals surface area contributed by atoms with E-state index in [0.717, 1.165) is 18.2 Å². The van der Waals surface area contributed by atoms with Gasteiger partial charge < -0.3 is 19.1 Å². The number of benzene rings is 2. The predicted octanol–water partition coefficient (Wildman–Crippen LogP) is 5.89. The van der Waals surface area contributed by atoms with Crippen molar-refractivity contribution in [3.8, 4) is 17.0 Å². The molecule has 1 aliphatic carbocycles. The number of likely N-dealkylation sites (N-methyl/N-ethyl adjacent to an activating group) is 2. The zero-order chi connectivity index (χ0) is 40.7. The molecule has 3 aromatic rings. The lowest BCUT2D eigenvalue weighted by Gasteiger charge is -2.49. The second-order valence-electron chi connectivity index (χ2n) is 12.9. The molecule has 0 atom stereocenters. The van der Waals surface area contributed by atoms with Crippen molar-refractivity contribution in [1.29, 1.82) is 0 Å². The SMILES string of the molecule is COCCN(C)CCOc1ccc(CN(C(=O)CC(=O)Cc2ccc(C(F)(F)F)cc2-c2cc(C(F)(F)F)ncn2)N(C)C2(C(=O)OC)CCC2)c(F)c1F. The molecule has 0 bridgehead atoms. The molecule has 0 spiro atoms. The van der Waals surface area contributed by atoms with Gasteiger partial charge in [0.1, 0.15) is 30.0 Å². The molecule has 300 valence electrons. The van der Waals surface area contributed by atoms with Gasteiger partial charge in [-0.05, 0) is 56.1 Å². The summed E-state index contributed by atoms with van der Waals surface area (Å²) in [5.74, 6) is -5.73. The summed E-state index contributed by atoms with van der Waals surface area (Å²) < 4.78 is 127. The minimum absolute atomic E-state index is 0.00833. The van der Waals surface area contributed by atoms with Gasteiger partial charge in [0, 0.05) is 44.8 Å². The summed E-state index contributed by atoms with van der Waals surface area (Å²) in [6.07, 6.45) is -10.1. The zero-order valence-electron chi connectivity index (χ0n) is 30.3. The lowest BCUT2D eigenvalue weighted by Crippen LogP contribution is -2.64. The Labute approximate surface area is 311 Å². The average molecular weight is 790 g/mol. The van der Waals surface area contributed by atoms with Gasteiger partial charge >= 0.3 is 18.3 Å². The van der Waals surface area contributed by atoms with Gasteiger partial charge in [-0.2, -0.15) is 30.7 Å². The number of amides is 1. The topological polar surface area (TPSA) is 114 Å². The van der Waals surface area contributed by atoms with E-state index < -0.39 is 94.8 Å². The standard InChI is InChI=1S/C36H39F8N5O6/c1-47(12-14-53-3)13-15-55-28-9-7-23(31(37)32(28)38)20-49(48(2)34(10-5-11-34)33(52)54-4)30(51)18-25(50)16-22-6-8-24(35(39,40)41)17-26(22)27-19-29(36(42,43)44)46-21-45-27/h6-9,17,19,21H,5,10-16,18,20H2,1-4H3. The fourth-order valence-corrected chi connectivity index (χ4v) is 5.93. The van der Waals surface area contributed by atoms with Crippen LogP contribution in [0.2, 0.25) is 0 Å². The van der Waals surface area contributed by atoms with Crippen LogP contribution in [0.1, 0.15) is 48.1 Å². The molecule has 0 N–H and O–H groups in total. The largest absolute Gasteiger partial charge is 0.489 e. The normalized spacial score (nSPS) is 14.1. The van der Waals surface area contributed by atoms with Crippen LogP contribution in [0.25, 0.3) is 11.3 Å². The molecule has 0 aliphatic heterocycles. The van der Waals surface area contributed by atoms with E-state index in [0.29, 0.717) is 50.6 Å². The first-order valence-electron chi connectivity index (χ1n) is 16.8. The number of alkyl halides is 6. The molecule has 0 unspecified atom stereocenters. The van der Waals surface area contributed by atoms with Crippen molar-refractivity contribution in [2.24, 2.45) is 0 Å². The maximum Gasteiger partial charge on any atom is 0.433 e. The molecular formula is C36H39F8N5O6. The number of halogens is 8. The third-order valence-electron chi connectivity index (χ3n) is 9.28. The highest BCUT2D eigenvalue weighted by Crippen LogP contribution is 2.40. The molecule has 11 nitrogen and oxygen atoms in total. The van der Waals surface area contributed by atoms with Gasteiger partial charge in [-0.3, -0.25) is 14.6 Å². The highest BCUT2D eigenvalue weighted by molar-refractivity contribution is 5.99. The van der Waals surface area contributed by atoms with Gasteiger partial charge in [0.15, 0.2) is 11.6 Å². The molecular weight excluding hydrogens is 750 g/mol. The molecule has 1 saturated carbocycles. The Balaban J connectivity index is 1.62. The number of methoxy groups -OCH3 is 2. The van der Waals surface area contributed by atoms with Gasteiger partial charge in [-0.1, -0.05) is 12.1 Å². The molecule has 1 amide bonds. The summed E-state index contributed by atoms with van der Waals surface area (Å²) in [4.78, 5) is 48.9. The third-order valence-corrected chi connectivity index (χ3v) is 9.28. The molecule has 0 radical (unpaired) electrons. The van der Waals surface area contributed by atoms with Crippen LogP contribution in [-0.4, -0.2) is 103 Å². The average Bonchev–Trinajstić information content (AvgIpc) is 3.10. The Kier molecular flexibility index (Phi) is 13.9. The van der Waals surface area contributed by atoms with Crippen LogP contribution in [0, 0.1) is 11.6 Å². The number of ketones is 1. The van der Waals surface area contributed by atoms with Crippen LogP contribution in [0.3, 0.4) is 0 Å².